The lowest BCUT2D eigenvalue weighted by atomic mass is 9.80. The molecule has 0 amide bonds. The number of nitrogens with one attached hydrogen (secondary N) is 1. The van der Waals surface area contributed by atoms with Crippen LogP contribution in [0.15, 0.2) is 204 Å². The summed E-state index contributed by atoms with van der Waals surface area (Å²) in [4.78, 5) is 3.70. The molecule has 3 unspecified atom stereocenters. The maximum atomic E-state index is 7.09. The van der Waals surface area contributed by atoms with E-state index in [0.717, 1.165) is 67.4 Å². The van der Waals surface area contributed by atoms with Gasteiger partial charge in [-0.1, -0.05) is 158 Å². The number of hydrogen-bond acceptors (Lipinski definition) is 2. The van der Waals surface area contributed by atoms with Crippen molar-refractivity contribution in [2.24, 2.45) is 5.92 Å². The summed E-state index contributed by atoms with van der Waals surface area (Å²) in [6.07, 6.45) is 12.3. The molecule has 1 N–H and O–H groups in total. The first-order valence-corrected chi connectivity index (χ1v) is 20.7. The highest BCUT2D eigenvalue weighted by Gasteiger charge is 2.41. The molecule has 2 aromatic heterocycles. The van der Waals surface area contributed by atoms with E-state index in [0.29, 0.717) is 0 Å². The van der Waals surface area contributed by atoms with Crippen LogP contribution in [0.2, 0.25) is 0 Å². The Balaban J connectivity index is 0.871. The van der Waals surface area contributed by atoms with Crippen molar-refractivity contribution in [2.75, 3.05) is 0 Å². The maximum Gasteiger partial charge on any atom is 0.143 e. The second-order valence-corrected chi connectivity index (χ2v) is 16.4. The summed E-state index contributed by atoms with van der Waals surface area (Å²) >= 11 is 0. The molecule has 8 aromatic carbocycles. The lowest BCUT2D eigenvalue weighted by Gasteiger charge is -2.25. The van der Waals surface area contributed by atoms with Crippen LogP contribution in [0.25, 0.3) is 93.1 Å². The molecule has 278 valence electrons. The Hall–Kier alpha value is -7.36. The highest BCUT2D eigenvalue weighted by atomic mass is 16.5. The number of allylic oxidation sites excluding steroid dienone is 5. The molecule has 0 saturated carbocycles. The van der Waals surface area contributed by atoms with E-state index in [1.165, 1.54) is 54.6 Å². The molecule has 0 bridgehead atoms. The zero-order valence-corrected chi connectivity index (χ0v) is 32.2. The molecule has 2 aliphatic carbocycles. The number of aromatic nitrogens is 1. The molecule has 3 atom stereocenters. The van der Waals surface area contributed by atoms with Crippen molar-refractivity contribution in [1.82, 2.24) is 4.98 Å². The largest absolute Gasteiger partial charge is 0.488 e. The number of aromatic amines is 1. The Labute approximate surface area is 340 Å². The van der Waals surface area contributed by atoms with Gasteiger partial charge in [-0.25, -0.2) is 0 Å². The normalized spacial score (nSPS) is 18.6. The van der Waals surface area contributed by atoms with Gasteiger partial charge in [0.15, 0.2) is 0 Å². The molecule has 3 heterocycles. The summed E-state index contributed by atoms with van der Waals surface area (Å²) in [6.45, 7) is 0. The van der Waals surface area contributed by atoms with E-state index in [2.05, 4.69) is 193 Å². The van der Waals surface area contributed by atoms with Crippen LogP contribution in [0, 0.1) is 5.92 Å². The van der Waals surface area contributed by atoms with Crippen molar-refractivity contribution in [2.45, 2.75) is 18.4 Å². The van der Waals surface area contributed by atoms with Crippen LogP contribution in [-0.2, 0) is 4.74 Å². The molecule has 1 aliphatic heterocycles. The van der Waals surface area contributed by atoms with E-state index in [1.54, 1.807) is 0 Å². The monoisotopic (exact) mass is 755 g/mol. The van der Waals surface area contributed by atoms with E-state index in [1.807, 2.05) is 0 Å². The lowest BCUT2D eigenvalue weighted by molar-refractivity contribution is 0.158. The highest BCUT2D eigenvalue weighted by molar-refractivity contribution is 6.15. The van der Waals surface area contributed by atoms with E-state index in [4.69, 9.17) is 9.15 Å². The summed E-state index contributed by atoms with van der Waals surface area (Å²) in [5.41, 5.74) is 13.6. The Kier molecular flexibility index (Phi) is 6.97. The minimum atomic E-state index is -0.0703. The number of ether oxygens (including phenoxy) is 1. The van der Waals surface area contributed by atoms with Gasteiger partial charge in [-0.05, 0) is 80.6 Å². The smallest absolute Gasteiger partial charge is 0.143 e. The van der Waals surface area contributed by atoms with E-state index in [-0.39, 0.29) is 17.9 Å². The number of furan rings is 1. The first kappa shape index (κ1) is 32.7. The summed E-state index contributed by atoms with van der Waals surface area (Å²) in [6, 6.07) is 57.3. The second kappa shape index (κ2) is 12.6. The van der Waals surface area contributed by atoms with Gasteiger partial charge in [0.25, 0.3) is 0 Å². The van der Waals surface area contributed by atoms with Crippen LogP contribution in [0.3, 0.4) is 0 Å². The van der Waals surface area contributed by atoms with Gasteiger partial charge in [0, 0.05) is 66.7 Å². The maximum absolute atomic E-state index is 7.09. The predicted octanol–water partition coefficient (Wildman–Crippen LogP) is 14.8. The van der Waals surface area contributed by atoms with Crippen molar-refractivity contribution in [3.8, 4) is 22.3 Å². The molecule has 0 spiro atoms. The van der Waals surface area contributed by atoms with Crippen LogP contribution in [0.1, 0.15) is 23.5 Å². The number of fused-ring (bicyclic) bond motifs is 10. The average molecular weight is 756 g/mol. The van der Waals surface area contributed by atoms with Gasteiger partial charge in [0.05, 0.1) is 0 Å². The molecular formula is C56H37NO2. The predicted molar refractivity (Wildman–Crippen MR) is 244 cm³/mol. The van der Waals surface area contributed by atoms with Gasteiger partial charge in [0.1, 0.15) is 23.0 Å². The van der Waals surface area contributed by atoms with Crippen molar-refractivity contribution in [3.63, 3.8) is 0 Å². The molecule has 59 heavy (non-hydrogen) atoms. The van der Waals surface area contributed by atoms with Gasteiger partial charge in [-0.2, -0.15) is 0 Å². The third-order valence-corrected chi connectivity index (χ3v) is 13.1. The summed E-state index contributed by atoms with van der Waals surface area (Å²) < 4.78 is 14.0. The molecular weight excluding hydrogens is 719 g/mol. The van der Waals surface area contributed by atoms with Crippen LogP contribution in [-0.4, -0.2) is 11.1 Å². The molecule has 0 radical (unpaired) electrons. The topological polar surface area (TPSA) is 38.2 Å². The standard InChI is InChI=1S/C56H37NO2/c1-3-11-35-29-37(23-21-33(35)9-1)41-13-5-17-45-47-19-7-15-43(55(47)58-53(41)45)39-25-27-51-49(31-39)50-32-40(26-28-52(50)57-51)44-16-8-20-48-46-18-6-14-42(54(46)59-56(44)48)38-24-22-34-10-2-4-12-36(34)30-38/h1-13,15-32,42,48,56-57H,14H2. The third kappa shape index (κ3) is 5.01. The van der Waals surface area contributed by atoms with Crippen molar-refractivity contribution in [3.05, 3.63) is 211 Å². The zero-order chi connectivity index (χ0) is 38.6. The van der Waals surface area contributed by atoms with E-state index in [9.17, 15) is 0 Å². The van der Waals surface area contributed by atoms with Crippen molar-refractivity contribution < 1.29 is 9.15 Å². The Morgan fingerprint density at radius 3 is 1.90 bits per heavy atom. The zero-order valence-electron chi connectivity index (χ0n) is 32.2. The fraction of sp³-hybridized carbons (Fsp3) is 0.0714. The van der Waals surface area contributed by atoms with Gasteiger partial charge in [-0.3, -0.25) is 0 Å². The fourth-order valence-electron chi connectivity index (χ4n) is 10.2. The second-order valence-electron chi connectivity index (χ2n) is 16.4. The SMILES string of the molecule is C1=CC2C3=C(OC2C(c2ccc4[nH]c5ccc(-c6cccc7c6oc6c(-c8ccc9ccccc9c8)cccc67)cc5c4c2)=C1)C(c1ccc2ccccc2c1)CC=C3. The minimum absolute atomic E-state index is 0.0703. The number of rotatable bonds is 4. The molecule has 13 rings (SSSR count). The molecule has 0 fully saturated rings. The van der Waals surface area contributed by atoms with Gasteiger partial charge in [-0.15, -0.1) is 0 Å². The average Bonchev–Trinajstić information content (AvgIpc) is 3.99. The number of hydrogen-bond donors (Lipinski definition) is 1. The lowest BCUT2D eigenvalue weighted by Crippen LogP contribution is -2.21. The fourth-order valence-corrected chi connectivity index (χ4v) is 10.2. The third-order valence-electron chi connectivity index (χ3n) is 13.1. The highest BCUT2D eigenvalue weighted by Crippen LogP contribution is 2.50. The first-order valence-electron chi connectivity index (χ1n) is 20.7. The Bertz CT molecular complexity index is 3530. The van der Waals surface area contributed by atoms with E-state index < -0.39 is 0 Å². The quantitative estimate of drug-likeness (QED) is 0.194. The van der Waals surface area contributed by atoms with Crippen LogP contribution in [0.4, 0.5) is 0 Å². The molecule has 0 saturated heterocycles. The minimum Gasteiger partial charge on any atom is -0.488 e. The van der Waals surface area contributed by atoms with Crippen molar-refractivity contribution in [1.29, 1.82) is 0 Å². The van der Waals surface area contributed by atoms with Crippen molar-refractivity contribution >= 4 is 70.9 Å². The number of benzene rings is 8. The van der Waals surface area contributed by atoms with Crippen LogP contribution in [0.5, 0.6) is 0 Å². The van der Waals surface area contributed by atoms with Gasteiger partial charge < -0.3 is 14.1 Å². The first-order chi connectivity index (χ1) is 29.2. The Morgan fingerprint density at radius 1 is 0.525 bits per heavy atom. The van der Waals surface area contributed by atoms with E-state index >= 15 is 0 Å². The van der Waals surface area contributed by atoms with Crippen LogP contribution >= 0.6 is 0 Å². The van der Waals surface area contributed by atoms with Gasteiger partial charge in [0.2, 0.25) is 0 Å². The summed E-state index contributed by atoms with van der Waals surface area (Å²) in [5.74, 6) is 1.51. The summed E-state index contributed by atoms with van der Waals surface area (Å²) in [7, 11) is 0. The van der Waals surface area contributed by atoms with Gasteiger partial charge >= 0.3 is 0 Å². The number of para-hydroxylation sites is 2. The number of H-pyrrole nitrogens is 1. The molecule has 3 heteroatoms. The molecule has 10 aromatic rings. The summed E-state index contributed by atoms with van der Waals surface area (Å²) in [5, 5.41) is 9.64. The van der Waals surface area contributed by atoms with Crippen LogP contribution < -0.4 is 0 Å². The Morgan fingerprint density at radius 2 is 1.15 bits per heavy atom. The molecule has 3 aliphatic rings. The molecule has 3 nitrogen and oxygen atoms in total.